The molecule has 2 aliphatic heterocycles. The Morgan fingerprint density at radius 1 is 0.903 bits per heavy atom. The summed E-state index contributed by atoms with van der Waals surface area (Å²) in [5.74, 6) is 1.11. The summed E-state index contributed by atoms with van der Waals surface area (Å²) in [6.45, 7) is 7.29. The number of piperazine rings is 1. The van der Waals surface area contributed by atoms with Crippen LogP contribution in [0, 0.1) is 0 Å². The maximum atomic E-state index is 12.4. The number of hydrogen-bond donors (Lipinski definition) is 0. The first-order valence-corrected chi connectivity index (χ1v) is 11.9. The van der Waals surface area contributed by atoms with Crippen molar-refractivity contribution in [3.05, 3.63) is 54.1 Å². The molecular formula is C24H28N4O2S. The number of carbonyl (C=O) groups excluding carboxylic acids is 1. The number of likely N-dealkylation sites (tertiary alicyclic amines) is 1. The molecule has 1 aromatic heterocycles. The van der Waals surface area contributed by atoms with Gasteiger partial charge in [-0.1, -0.05) is 35.6 Å². The van der Waals surface area contributed by atoms with Crippen LogP contribution in [0.2, 0.25) is 0 Å². The van der Waals surface area contributed by atoms with Crippen LogP contribution in [0.5, 0.6) is 10.9 Å². The van der Waals surface area contributed by atoms with Gasteiger partial charge in [0.2, 0.25) is 5.91 Å². The molecule has 0 spiro atoms. The van der Waals surface area contributed by atoms with E-state index in [1.807, 2.05) is 35.2 Å². The maximum absolute atomic E-state index is 12.4. The van der Waals surface area contributed by atoms with Gasteiger partial charge in [-0.15, -0.1) is 0 Å². The molecule has 5 rings (SSSR count). The largest absolute Gasteiger partial charge is 0.431 e. The highest BCUT2D eigenvalue weighted by molar-refractivity contribution is 7.20. The number of benzene rings is 2. The van der Waals surface area contributed by atoms with Crippen molar-refractivity contribution < 1.29 is 9.53 Å². The molecule has 2 aromatic carbocycles. The Morgan fingerprint density at radius 3 is 2.35 bits per heavy atom. The first kappa shape index (κ1) is 20.4. The number of ether oxygens (including phenoxy) is 1. The molecule has 7 heteroatoms. The number of rotatable bonds is 6. The van der Waals surface area contributed by atoms with E-state index in [9.17, 15) is 4.79 Å². The van der Waals surface area contributed by atoms with E-state index in [0.29, 0.717) is 17.6 Å². The SMILES string of the molecule is O=C(CN1CCN(Cc2ccc(Oc3nc4ccccc4s3)cc2)CC1)N1CCCC1. The summed E-state index contributed by atoms with van der Waals surface area (Å²) in [4.78, 5) is 23.7. The smallest absolute Gasteiger partial charge is 0.279 e. The fraction of sp³-hybridized carbons (Fsp3) is 0.417. The Hall–Kier alpha value is -2.48. The number of amides is 1. The minimum atomic E-state index is 0.301. The van der Waals surface area contributed by atoms with E-state index in [0.717, 1.165) is 74.6 Å². The summed E-state index contributed by atoms with van der Waals surface area (Å²) < 4.78 is 7.09. The molecule has 162 valence electrons. The minimum Gasteiger partial charge on any atom is -0.431 e. The van der Waals surface area contributed by atoms with Gasteiger partial charge in [0, 0.05) is 45.8 Å². The van der Waals surface area contributed by atoms with E-state index < -0.39 is 0 Å². The lowest BCUT2D eigenvalue weighted by atomic mass is 10.2. The van der Waals surface area contributed by atoms with Crippen molar-refractivity contribution >= 4 is 27.5 Å². The molecule has 2 saturated heterocycles. The van der Waals surface area contributed by atoms with Crippen LogP contribution in [0.3, 0.4) is 0 Å². The lowest BCUT2D eigenvalue weighted by molar-refractivity contribution is -0.131. The number of carbonyl (C=O) groups is 1. The number of para-hydroxylation sites is 1. The van der Waals surface area contributed by atoms with E-state index >= 15 is 0 Å². The molecule has 3 heterocycles. The zero-order valence-corrected chi connectivity index (χ0v) is 18.5. The van der Waals surface area contributed by atoms with Crippen LogP contribution < -0.4 is 4.74 Å². The third-order valence-electron chi connectivity index (χ3n) is 6.09. The minimum absolute atomic E-state index is 0.301. The highest BCUT2D eigenvalue weighted by Gasteiger charge is 2.23. The summed E-state index contributed by atoms with van der Waals surface area (Å²) in [6, 6.07) is 16.4. The van der Waals surface area contributed by atoms with Gasteiger partial charge in [-0.25, -0.2) is 4.98 Å². The predicted molar refractivity (Wildman–Crippen MR) is 124 cm³/mol. The second kappa shape index (κ2) is 9.34. The lowest BCUT2D eigenvalue weighted by Gasteiger charge is -2.35. The molecular weight excluding hydrogens is 408 g/mol. The molecule has 0 radical (unpaired) electrons. The molecule has 0 N–H and O–H groups in total. The number of aromatic nitrogens is 1. The van der Waals surface area contributed by atoms with Crippen molar-refractivity contribution in [2.24, 2.45) is 0 Å². The van der Waals surface area contributed by atoms with E-state index in [4.69, 9.17) is 4.74 Å². The highest BCUT2D eigenvalue weighted by atomic mass is 32.1. The molecule has 0 saturated carbocycles. The van der Waals surface area contributed by atoms with Gasteiger partial charge in [0.15, 0.2) is 0 Å². The van der Waals surface area contributed by atoms with E-state index in [1.165, 1.54) is 5.56 Å². The van der Waals surface area contributed by atoms with Crippen molar-refractivity contribution in [3.63, 3.8) is 0 Å². The molecule has 0 bridgehead atoms. The van der Waals surface area contributed by atoms with Gasteiger partial charge in [-0.05, 0) is 42.7 Å². The molecule has 31 heavy (non-hydrogen) atoms. The predicted octanol–water partition coefficient (Wildman–Crippen LogP) is 3.83. The average molecular weight is 437 g/mol. The van der Waals surface area contributed by atoms with Crippen molar-refractivity contribution in [1.82, 2.24) is 19.7 Å². The van der Waals surface area contributed by atoms with Crippen molar-refractivity contribution in [1.29, 1.82) is 0 Å². The van der Waals surface area contributed by atoms with Gasteiger partial charge in [-0.2, -0.15) is 0 Å². The first-order valence-electron chi connectivity index (χ1n) is 11.1. The molecule has 2 aliphatic rings. The standard InChI is InChI=1S/C24H28N4O2S/c29-23(28-11-3-4-12-28)18-27-15-13-26(14-16-27)17-19-7-9-20(10-8-19)30-24-25-21-5-1-2-6-22(21)31-24/h1-2,5-10H,3-4,11-18H2. The normalized spacial score (nSPS) is 18.0. The summed E-state index contributed by atoms with van der Waals surface area (Å²) in [6.07, 6.45) is 2.31. The zero-order valence-electron chi connectivity index (χ0n) is 17.7. The van der Waals surface area contributed by atoms with Gasteiger partial charge >= 0.3 is 0 Å². The van der Waals surface area contributed by atoms with Crippen LogP contribution in [0.25, 0.3) is 10.2 Å². The summed E-state index contributed by atoms with van der Waals surface area (Å²) in [5, 5.41) is 0.675. The second-order valence-electron chi connectivity index (χ2n) is 8.33. The number of thiazole rings is 1. The summed E-state index contributed by atoms with van der Waals surface area (Å²) in [7, 11) is 0. The van der Waals surface area contributed by atoms with Crippen LogP contribution in [0.4, 0.5) is 0 Å². The Morgan fingerprint density at radius 2 is 1.61 bits per heavy atom. The molecule has 3 aromatic rings. The van der Waals surface area contributed by atoms with Crippen LogP contribution in [-0.2, 0) is 11.3 Å². The molecule has 6 nitrogen and oxygen atoms in total. The van der Waals surface area contributed by atoms with Crippen molar-refractivity contribution in [2.75, 3.05) is 45.8 Å². The van der Waals surface area contributed by atoms with E-state index in [-0.39, 0.29) is 0 Å². The number of nitrogens with zero attached hydrogens (tertiary/aromatic N) is 4. The monoisotopic (exact) mass is 436 g/mol. The highest BCUT2D eigenvalue weighted by Crippen LogP contribution is 2.31. The van der Waals surface area contributed by atoms with E-state index in [2.05, 4.69) is 33.0 Å². The number of hydrogen-bond acceptors (Lipinski definition) is 6. The Bertz CT molecular complexity index is 988. The van der Waals surface area contributed by atoms with Crippen molar-refractivity contribution in [3.8, 4) is 10.9 Å². The molecule has 2 fully saturated rings. The number of fused-ring (bicyclic) bond motifs is 1. The molecule has 0 unspecified atom stereocenters. The summed E-state index contributed by atoms with van der Waals surface area (Å²) >= 11 is 1.56. The van der Waals surface area contributed by atoms with Gasteiger partial charge < -0.3 is 9.64 Å². The fourth-order valence-corrected chi connectivity index (χ4v) is 5.11. The first-order chi connectivity index (χ1) is 15.2. The average Bonchev–Trinajstić information content (AvgIpc) is 3.46. The Balaban J connectivity index is 1.10. The quantitative estimate of drug-likeness (QED) is 0.588. The van der Waals surface area contributed by atoms with Gasteiger partial charge in [-0.3, -0.25) is 14.6 Å². The molecule has 0 aliphatic carbocycles. The van der Waals surface area contributed by atoms with Crippen LogP contribution >= 0.6 is 11.3 Å². The van der Waals surface area contributed by atoms with Gasteiger partial charge in [0.05, 0.1) is 16.8 Å². The van der Waals surface area contributed by atoms with Crippen molar-refractivity contribution in [2.45, 2.75) is 19.4 Å². The fourth-order valence-electron chi connectivity index (χ4n) is 4.28. The Kier molecular flexibility index (Phi) is 6.15. The maximum Gasteiger partial charge on any atom is 0.279 e. The van der Waals surface area contributed by atoms with Crippen LogP contribution in [-0.4, -0.2) is 71.4 Å². The summed E-state index contributed by atoms with van der Waals surface area (Å²) in [5.41, 5.74) is 2.25. The zero-order chi connectivity index (χ0) is 21.0. The van der Waals surface area contributed by atoms with E-state index in [1.54, 1.807) is 11.3 Å². The molecule has 1 amide bonds. The lowest BCUT2D eigenvalue weighted by Crippen LogP contribution is -2.49. The molecule has 0 atom stereocenters. The third kappa shape index (κ3) is 5.06. The Labute approximate surface area is 187 Å². The van der Waals surface area contributed by atoms with Crippen LogP contribution in [0.15, 0.2) is 48.5 Å². The van der Waals surface area contributed by atoms with Crippen LogP contribution in [0.1, 0.15) is 18.4 Å². The third-order valence-corrected chi connectivity index (χ3v) is 7.01. The second-order valence-corrected chi connectivity index (χ2v) is 9.33. The van der Waals surface area contributed by atoms with Gasteiger partial charge in [0.1, 0.15) is 5.75 Å². The topological polar surface area (TPSA) is 48.9 Å². The van der Waals surface area contributed by atoms with Gasteiger partial charge in [0.25, 0.3) is 5.19 Å².